The molecule has 0 saturated carbocycles. The lowest BCUT2D eigenvalue weighted by molar-refractivity contribution is 0.165. The van der Waals surface area contributed by atoms with Gasteiger partial charge >= 0.3 is 7.12 Å². The van der Waals surface area contributed by atoms with Crippen molar-refractivity contribution in [2.24, 2.45) is 0 Å². The number of aliphatic hydroxyl groups is 1. The molecule has 0 bridgehead atoms. The predicted molar refractivity (Wildman–Crippen MR) is 111 cm³/mol. The lowest BCUT2D eigenvalue weighted by Crippen LogP contribution is -2.27. The van der Waals surface area contributed by atoms with Crippen LogP contribution < -0.4 is 14.9 Å². The molecule has 2 N–H and O–H groups in total. The molecule has 5 nitrogen and oxygen atoms in total. The molecular formula is C23H23BO5. The second-order valence-electron chi connectivity index (χ2n) is 6.98. The summed E-state index contributed by atoms with van der Waals surface area (Å²) in [5.74, 6) is 2.00. The fourth-order valence-corrected chi connectivity index (χ4v) is 3.43. The quantitative estimate of drug-likeness (QED) is 0.576. The Labute approximate surface area is 170 Å². The highest BCUT2D eigenvalue weighted by molar-refractivity contribution is 6.61. The summed E-state index contributed by atoms with van der Waals surface area (Å²) >= 11 is 0. The smallest absolute Gasteiger partial charge is 0.489 e. The zero-order valence-corrected chi connectivity index (χ0v) is 16.0. The van der Waals surface area contributed by atoms with E-state index >= 15 is 0 Å². The van der Waals surface area contributed by atoms with Crippen LogP contribution >= 0.6 is 0 Å². The SMILES string of the molecule is OCCCC1OB(O)c2cc(Oc3cccc(OCc4ccccc4)c3)ccc21. The summed E-state index contributed by atoms with van der Waals surface area (Å²) in [6, 6.07) is 23.0. The van der Waals surface area contributed by atoms with E-state index in [0.717, 1.165) is 16.9 Å². The minimum absolute atomic E-state index is 0.106. The van der Waals surface area contributed by atoms with Crippen LogP contribution in [-0.2, 0) is 11.3 Å². The molecule has 148 valence electrons. The van der Waals surface area contributed by atoms with Gasteiger partial charge in [0.15, 0.2) is 0 Å². The van der Waals surface area contributed by atoms with Crippen LogP contribution in [0.3, 0.4) is 0 Å². The van der Waals surface area contributed by atoms with E-state index in [0.29, 0.717) is 36.4 Å². The van der Waals surface area contributed by atoms with Crippen LogP contribution in [0.4, 0.5) is 0 Å². The molecule has 0 spiro atoms. The molecule has 29 heavy (non-hydrogen) atoms. The highest BCUT2D eigenvalue weighted by Crippen LogP contribution is 2.31. The van der Waals surface area contributed by atoms with Gasteiger partial charge in [0, 0.05) is 12.7 Å². The number of hydrogen-bond acceptors (Lipinski definition) is 5. The molecule has 3 aromatic rings. The van der Waals surface area contributed by atoms with Crippen LogP contribution in [0.2, 0.25) is 0 Å². The average molecular weight is 390 g/mol. The Hall–Kier alpha value is -2.80. The number of fused-ring (bicyclic) bond motifs is 1. The zero-order chi connectivity index (χ0) is 20.1. The van der Waals surface area contributed by atoms with E-state index in [4.69, 9.17) is 19.2 Å². The average Bonchev–Trinajstić information content (AvgIpc) is 3.07. The number of hydrogen-bond donors (Lipinski definition) is 2. The van der Waals surface area contributed by atoms with Crippen molar-refractivity contribution in [1.82, 2.24) is 0 Å². The Balaban J connectivity index is 1.44. The van der Waals surface area contributed by atoms with Crippen molar-refractivity contribution in [2.45, 2.75) is 25.6 Å². The Kier molecular flexibility index (Phi) is 6.15. The summed E-state index contributed by atoms with van der Waals surface area (Å²) in [6.07, 6.45) is 1.10. The molecule has 6 heteroatoms. The largest absolute Gasteiger partial charge is 0.492 e. The molecule has 0 saturated heterocycles. The van der Waals surface area contributed by atoms with E-state index in [1.165, 1.54) is 0 Å². The molecular weight excluding hydrogens is 367 g/mol. The van der Waals surface area contributed by atoms with Crippen molar-refractivity contribution in [3.63, 3.8) is 0 Å². The maximum absolute atomic E-state index is 10.2. The van der Waals surface area contributed by atoms with Crippen molar-refractivity contribution < 1.29 is 24.3 Å². The molecule has 1 heterocycles. The van der Waals surface area contributed by atoms with E-state index in [-0.39, 0.29) is 12.7 Å². The molecule has 0 radical (unpaired) electrons. The van der Waals surface area contributed by atoms with Gasteiger partial charge in [0.1, 0.15) is 23.9 Å². The van der Waals surface area contributed by atoms with Crippen LogP contribution in [0.1, 0.15) is 30.1 Å². The maximum atomic E-state index is 10.2. The molecule has 1 aliphatic rings. The van der Waals surface area contributed by atoms with Crippen molar-refractivity contribution >= 4 is 12.6 Å². The number of benzene rings is 3. The molecule has 4 rings (SSSR count). The lowest BCUT2D eigenvalue weighted by atomic mass is 9.79. The minimum Gasteiger partial charge on any atom is -0.489 e. The van der Waals surface area contributed by atoms with Crippen molar-refractivity contribution in [1.29, 1.82) is 0 Å². The topological polar surface area (TPSA) is 68.2 Å². The fraction of sp³-hybridized carbons (Fsp3) is 0.217. The molecule has 1 unspecified atom stereocenters. The van der Waals surface area contributed by atoms with Gasteiger partial charge in [0.2, 0.25) is 0 Å². The molecule has 0 fully saturated rings. The normalized spacial score (nSPS) is 15.2. The number of rotatable bonds is 8. The van der Waals surface area contributed by atoms with E-state index in [9.17, 15) is 5.02 Å². The summed E-state index contributed by atoms with van der Waals surface area (Å²) in [7, 11) is -0.974. The van der Waals surface area contributed by atoms with Gasteiger partial charge in [-0.1, -0.05) is 42.5 Å². The lowest BCUT2D eigenvalue weighted by Gasteiger charge is -2.12. The van der Waals surface area contributed by atoms with E-state index in [2.05, 4.69) is 0 Å². The third-order valence-corrected chi connectivity index (χ3v) is 4.88. The van der Waals surface area contributed by atoms with Crippen molar-refractivity contribution in [2.75, 3.05) is 6.61 Å². The number of aliphatic hydroxyl groups excluding tert-OH is 1. The van der Waals surface area contributed by atoms with Crippen LogP contribution in [0.15, 0.2) is 72.8 Å². The second-order valence-corrected chi connectivity index (χ2v) is 6.98. The van der Waals surface area contributed by atoms with Gasteiger partial charge in [0.25, 0.3) is 0 Å². The molecule has 0 aromatic heterocycles. The molecule has 1 aliphatic heterocycles. The van der Waals surface area contributed by atoms with Gasteiger partial charge in [-0.25, -0.2) is 0 Å². The fourth-order valence-electron chi connectivity index (χ4n) is 3.43. The van der Waals surface area contributed by atoms with Crippen LogP contribution in [0, 0.1) is 0 Å². The maximum Gasteiger partial charge on any atom is 0.492 e. The first kappa shape index (κ1) is 19.5. The van der Waals surface area contributed by atoms with Gasteiger partial charge in [-0.3, -0.25) is 0 Å². The van der Waals surface area contributed by atoms with Gasteiger partial charge in [-0.05, 0) is 53.7 Å². The van der Waals surface area contributed by atoms with E-state index in [1.54, 1.807) is 6.07 Å². The Bertz CT molecular complexity index is 947. The monoisotopic (exact) mass is 390 g/mol. The van der Waals surface area contributed by atoms with Gasteiger partial charge in [0.05, 0.1) is 6.10 Å². The number of ether oxygens (including phenoxy) is 2. The molecule has 0 amide bonds. The molecule has 1 atom stereocenters. The third kappa shape index (κ3) is 4.79. The summed E-state index contributed by atoms with van der Waals surface area (Å²) in [6.45, 7) is 0.594. The van der Waals surface area contributed by atoms with E-state index < -0.39 is 7.12 Å². The first-order chi connectivity index (χ1) is 14.2. The third-order valence-electron chi connectivity index (χ3n) is 4.88. The van der Waals surface area contributed by atoms with Crippen molar-refractivity contribution in [3.8, 4) is 17.2 Å². The highest BCUT2D eigenvalue weighted by atomic mass is 16.5. The van der Waals surface area contributed by atoms with Crippen molar-refractivity contribution in [3.05, 3.63) is 83.9 Å². The van der Waals surface area contributed by atoms with Crippen LogP contribution in [0.5, 0.6) is 17.2 Å². The predicted octanol–water partition coefficient (Wildman–Crippen LogP) is 3.59. The Morgan fingerprint density at radius 3 is 2.52 bits per heavy atom. The minimum atomic E-state index is -0.974. The Morgan fingerprint density at radius 2 is 1.69 bits per heavy atom. The summed E-state index contributed by atoms with van der Waals surface area (Å²) in [4.78, 5) is 0. The van der Waals surface area contributed by atoms with Crippen LogP contribution in [0.25, 0.3) is 0 Å². The first-order valence-corrected chi connectivity index (χ1v) is 9.76. The standard InChI is InChI=1S/C23H23BO5/c25-13-5-10-23-21-12-11-20(15-22(21)24(26)29-23)28-19-9-4-8-18(14-19)27-16-17-6-2-1-3-7-17/h1-4,6-9,11-12,14-15,23,25-26H,5,10,13,16H2. The van der Waals surface area contributed by atoms with Crippen LogP contribution in [-0.4, -0.2) is 23.9 Å². The Morgan fingerprint density at radius 1 is 0.897 bits per heavy atom. The van der Waals surface area contributed by atoms with E-state index in [1.807, 2.05) is 66.7 Å². The van der Waals surface area contributed by atoms with Gasteiger partial charge < -0.3 is 24.3 Å². The summed E-state index contributed by atoms with van der Waals surface area (Å²) in [5.41, 5.74) is 2.75. The van der Waals surface area contributed by atoms with Gasteiger partial charge in [-0.15, -0.1) is 0 Å². The molecule has 3 aromatic carbocycles. The second kappa shape index (κ2) is 9.14. The first-order valence-electron chi connectivity index (χ1n) is 9.76. The molecule has 0 aliphatic carbocycles. The van der Waals surface area contributed by atoms with Gasteiger partial charge in [-0.2, -0.15) is 0 Å². The zero-order valence-electron chi connectivity index (χ0n) is 16.0. The summed E-state index contributed by atoms with van der Waals surface area (Å²) < 4.78 is 17.4. The summed E-state index contributed by atoms with van der Waals surface area (Å²) in [5, 5.41) is 19.2. The highest BCUT2D eigenvalue weighted by Gasteiger charge is 2.34.